The molecule has 0 fully saturated rings. The third kappa shape index (κ3) is 5.65. The Morgan fingerprint density at radius 1 is 0.452 bits per heavy atom. The van der Waals surface area contributed by atoms with Crippen LogP contribution in [-0.2, 0) is 0 Å². The van der Waals surface area contributed by atoms with Gasteiger partial charge in [0.15, 0.2) is 0 Å². The molecule has 0 saturated carbocycles. The van der Waals surface area contributed by atoms with Gasteiger partial charge in [0.2, 0.25) is 0 Å². The van der Waals surface area contributed by atoms with Crippen molar-refractivity contribution in [1.29, 1.82) is 5.26 Å². The molecular weight excluding hydrogens is 751 g/mol. The minimum Gasteiger partial charge on any atom is -0.458 e. The maximum absolute atomic E-state index is 9.65. The lowest BCUT2D eigenvalue weighted by Gasteiger charge is -2.34. The van der Waals surface area contributed by atoms with E-state index in [4.69, 9.17) is 4.74 Å². The van der Waals surface area contributed by atoms with Crippen molar-refractivity contribution in [1.82, 2.24) is 4.57 Å². The summed E-state index contributed by atoms with van der Waals surface area (Å²) in [4.78, 5) is 0. The summed E-state index contributed by atoms with van der Waals surface area (Å²) in [6.07, 6.45) is 0. The van der Waals surface area contributed by atoms with Crippen LogP contribution in [0.5, 0.6) is 11.5 Å². The zero-order valence-corrected chi connectivity index (χ0v) is 36.9. The predicted octanol–water partition coefficient (Wildman–Crippen LogP) is 13.0. The van der Waals surface area contributed by atoms with Crippen molar-refractivity contribution in [2.75, 3.05) is 0 Å². The number of aryl methyl sites for hydroxylation is 9. The first kappa shape index (κ1) is 37.9. The summed E-state index contributed by atoms with van der Waals surface area (Å²) in [5, 5.41) is 12.1. The minimum absolute atomic E-state index is 0.0869. The fraction of sp³-hybridized carbons (Fsp3) is 0.155. The average Bonchev–Trinajstić information content (AvgIpc) is 3.55. The predicted molar refractivity (Wildman–Crippen MR) is 261 cm³/mol. The van der Waals surface area contributed by atoms with Crippen molar-refractivity contribution in [2.45, 2.75) is 62.3 Å². The van der Waals surface area contributed by atoms with Crippen LogP contribution in [0, 0.1) is 73.6 Å². The summed E-state index contributed by atoms with van der Waals surface area (Å²) in [5.41, 5.74) is 29.0. The zero-order valence-electron chi connectivity index (χ0n) is 36.9. The van der Waals surface area contributed by atoms with Crippen LogP contribution in [0.2, 0.25) is 0 Å². The van der Waals surface area contributed by atoms with E-state index >= 15 is 0 Å². The van der Waals surface area contributed by atoms with Crippen LogP contribution in [0.4, 0.5) is 0 Å². The summed E-state index contributed by atoms with van der Waals surface area (Å²) >= 11 is 0. The molecule has 0 unspecified atom stereocenters. The molecule has 4 heteroatoms. The van der Waals surface area contributed by atoms with Crippen LogP contribution >= 0.6 is 0 Å². The van der Waals surface area contributed by atoms with E-state index in [1.807, 2.05) is 12.1 Å². The van der Waals surface area contributed by atoms with Gasteiger partial charge in [0.05, 0.1) is 17.1 Å². The first-order valence-corrected chi connectivity index (χ1v) is 21.7. The van der Waals surface area contributed by atoms with Gasteiger partial charge in [-0.2, -0.15) is 5.26 Å². The number of aromatic nitrogens is 1. The van der Waals surface area contributed by atoms with Crippen LogP contribution in [0.15, 0.2) is 121 Å². The summed E-state index contributed by atoms with van der Waals surface area (Å²) in [5.74, 6) is 1.75. The highest BCUT2D eigenvalue weighted by atomic mass is 16.5. The van der Waals surface area contributed by atoms with Crippen molar-refractivity contribution in [2.24, 2.45) is 0 Å². The molecular formula is C58H47BN2O. The third-order valence-corrected chi connectivity index (χ3v) is 13.6. The maximum atomic E-state index is 9.65. The normalized spacial score (nSPS) is 12.4. The second kappa shape index (κ2) is 13.7. The second-order valence-electron chi connectivity index (χ2n) is 18.2. The van der Waals surface area contributed by atoms with Crippen LogP contribution in [0.3, 0.4) is 0 Å². The molecule has 0 amide bonds. The van der Waals surface area contributed by atoms with Crippen molar-refractivity contribution in [3.05, 3.63) is 177 Å². The lowest BCUT2D eigenvalue weighted by atomic mass is 9.34. The smallest absolute Gasteiger partial charge is 0.256 e. The quantitative estimate of drug-likeness (QED) is 0.166. The summed E-state index contributed by atoms with van der Waals surface area (Å²) in [6.45, 7) is 19.9. The van der Waals surface area contributed by atoms with E-state index in [1.165, 1.54) is 122 Å². The average molecular weight is 799 g/mol. The summed E-state index contributed by atoms with van der Waals surface area (Å²) in [7, 11) is 0. The molecule has 8 aromatic carbocycles. The van der Waals surface area contributed by atoms with Gasteiger partial charge in [0.1, 0.15) is 11.5 Å². The highest BCUT2D eigenvalue weighted by molar-refractivity contribution is 6.99. The number of benzene rings is 8. The molecule has 3 nitrogen and oxygen atoms in total. The first-order valence-electron chi connectivity index (χ1n) is 21.7. The van der Waals surface area contributed by atoms with Crippen molar-refractivity contribution >= 4 is 44.9 Å². The van der Waals surface area contributed by atoms with Gasteiger partial charge in [-0.05, 0) is 205 Å². The number of nitrogens with zero attached hydrogens (tertiary/aromatic N) is 2. The Morgan fingerprint density at radius 2 is 0.952 bits per heavy atom. The van der Waals surface area contributed by atoms with Crippen molar-refractivity contribution in [3.63, 3.8) is 0 Å². The summed E-state index contributed by atoms with van der Waals surface area (Å²) in [6, 6.07) is 47.5. The molecule has 298 valence electrons. The molecule has 0 spiro atoms. The number of ether oxygens (including phenoxy) is 1. The standard InChI is InChI=1S/C58H47BN2O/c1-31-18-34(4)54(35(5)19-31)42-14-16-50-46(24-42)47-25-45(56-38(8)22-33(3)23-39(56)9)27-49-58(47)61(50)51-28-44(41-12-10-40(30-60)11-13-41)29-53-57(51)59(49)48-26-43(15-17-52(48)62-53)55-36(6)20-32(2)21-37(55)7/h10-29H,1-9H3. The molecule has 2 aliphatic heterocycles. The molecule has 0 aliphatic carbocycles. The van der Waals surface area contributed by atoms with Gasteiger partial charge in [0.25, 0.3) is 6.71 Å². The number of hydrogen-bond donors (Lipinski definition) is 0. The van der Waals surface area contributed by atoms with Crippen LogP contribution in [0.1, 0.15) is 55.6 Å². The van der Waals surface area contributed by atoms with Gasteiger partial charge in [-0.15, -0.1) is 0 Å². The Balaban J connectivity index is 1.28. The fourth-order valence-electron chi connectivity index (χ4n) is 11.6. The Labute approximate surface area is 365 Å². The van der Waals surface area contributed by atoms with Crippen LogP contribution < -0.4 is 21.1 Å². The van der Waals surface area contributed by atoms with Gasteiger partial charge in [-0.3, -0.25) is 0 Å². The largest absolute Gasteiger partial charge is 0.458 e. The molecule has 0 saturated heterocycles. The number of hydrogen-bond acceptors (Lipinski definition) is 2. The summed E-state index contributed by atoms with van der Waals surface area (Å²) < 4.78 is 9.63. The monoisotopic (exact) mass is 798 g/mol. The molecule has 11 rings (SSSR count). The van der Waals surface area contributed by atoms with E-state index in [0.717, 1.165) is 28.3 Å². The highest BCUT2D eigenvalue weighted by Crippen LogP contribution is 2.44. The lowest BCUT2D eigenvalue weighted by molar-refractivity contribution is 0.487. The number of rotatable bonds is 4. The molecule has 1 aromatic heterocycles. The zero-order chi connectivity index (χ0) is 42.9. The van der Waals surface area contributed by atoms with E-state index in [0.29, 0.717) is 5.56 Å². The van der Waals surface area contributed by atoms with Crippen molar-refractivity contribution < 1.29 is 4.74 Å². The van der Waals surface area contributed by atoms with E-state index in [-0.39, 0.29) is 6.71 Å². The maximum Gasteiger partial charge on any atom is 0.256 e. The second-order valence-corrected chi connectivity index (χ2v) is 18.2. The molecule has 3 heterocycles. The number of nitriles is 1. The van der Waals surface area contributed by atoms with Crippen LogP contribution in [-0.4, -0.2) is 11.3 Å². The van der Waals surface area contributed by atoms with E-state index in [2.05, 4.69) is 182 Å². The molecule has 2 aliphatic rings. The molecule has 9 aromatic rings. The van der Waals surface area contributed by atoms with Crippen molar-refractivity contribution in [3.8, 4) is 67.8 Å². The van der Waals surface area contributed by atoms with Gasteiger partial charge >= 0.3 is 0 Å². The number of fused-ring (bicyclic) bond motifs is 7. The fourth-order valence-corrected chi connectivity index (χ4v) is 11.6. The molecule has 0 radical (unpaired) electrons. The Kier molecular flexibility index (Phi) is 8.38. The highest BCUT2D eigenvalue weighted by Gasteiger charge is 2.41. The van der Waals surface area contributed by atoms with E-state index < -0.39 is 0 Å². The lowest BCUT2D eigenvalue weighted by Crippen LogP contribution is -2.58. The SMILES string of the molecule is Cc1cc(C)c(-c2ccc3c(c2)B2c4c(cc(-c5ccc(C#N)cc5)cc4-n4c5ccc(-c6c(C)cc(C)cc6C)cc5c5cc(-c6c(C)cc(C)cc6C)cc2c54)O3)c(C)c1. The Morgan fingerprint density at radius 3 is 1.53 bits per heavy atom. The van der Waals surface area contributed by atoms with Gasteiger partial charge < -0.3 is 9.30 Å². The minimum atomic E-state index is -0.0869. The Bertz CT molecular complexity index is 3420. The molecule has 0 atom stereocenters. The van der Waals surface area contributed by atoms with Crippen LogP contribution in [0.25, 0.3) is 72.0 Å². The Hall–Kier alpha value is -7.09. The topological polar surface area (TPSA) is 38.0 Å². The van der Waals surface area contributed by atoms with Gasteiger partial charge in [-0.25, -0.2) is 0 Å². The van der Waals surface area contributed by atoms with E-state index in [9.17, 15) is 5.26 Å². The van der Waals surface area contributed by atoms with Gasteiger partial charge in [-0.1, -0.05) is 89.5 Å². The molecule has 62 heavy (non-hydrogen) atoms. The third-order valence-electron chi connectivity index (χ3n) is 13.6. The van der Waals surface area contributed by atoms with Gasteiger partial charge in [0, 0.05) is 22.0 Å². The van der Waals surface area contributed by atoms with E-state index in [1.54, 1.807) is 0 Å². The first-order chi connectivity index (χ1) is 29.9. The molecule has 0 N–H and O–H groups in total. The molecule has 0 bridgehead atoms.